The summed E-state index contributed by atoms with van der Waals surface area (Å²) in [6.07, 6.45) is 0. The topological polar surface area (TPSA) is 479 Å². The lowest BCUT2D eigenvalue weighted by molar-refractivity contribution is 0.276. The number of sulfone groups is 2. The van der Waals surface area contributed by atoms with Crippen LogP contribution in [0.2, 0.25) is 0 Å². The van der Waals surface area contributed by atoms with Crippen molar-refractivity contribution in [3.8, 4) is 5.75 Å². The zero-order valence-electron chi connectivity index (χ0n) is 34.6. The fraction of sp³-hybridized carbons (Fsp3) is 0.0811. The van der Waals surface area contributed by atoms with Gasteiger partial charge in [0.05, 0.1) is 70.7 Å². The molecular weight excluding hydrogens is 1050 g/mol. The molecule has 6 rings (SSSR count). The van der Waals surface area contributed by atoms with Gasteiger partial charge in [0.15, 0.2) is 25.4 Å². The molecule has 0 aliphatic carbocycles. The van der Waals surface area contributed by atoms with E-state index in [4.69, 9.17) is 17.2 Å². The van der Waals surface area contributed by atoms with E-state index in [-0.39, 0.29) is 16.6 Å². The number of rotatable bonds is 17. The lowest BCUT2D eigenvalue weighted by Crippen LogP contribution is -2.16. The molecule has 0 unspecified atom stereocenters. The maximum absolute atomic E-state index is 13.3. The summed E-state index contributed by atoms with van der Waals surface area (Å²) in [6, 6.07) is 17.6. The predicted octanol–water partition coefficient (Wildman–Crippen LogP) is 4.47. The minimum atomic E-state index is -5.77. The van der Waals surface area contributed by atoms with Crippen molar-refractivity contribution < 1.29 is 78.0 Å². The van der Waals surface area contributed by atoms with E-state index in [9.17, 15) is 73.8 Å². The second kappa shape index (κ2) is 19.5. The highest BCUT2D eigenvalue weighted by Crippen LogP contribution is 2.48. The van der Waals surface area contributed by atoms with Gasteiger partial charge in [0, 0.05) is 5.69 Å². The molecule has 7 N–H and O–H groups in total. The summed E-state index contributed by atoms with van der Waals surface area (Å²) in [5.41, 5.74) is 15.2. The van der Waals surface area contributed by atoms with Crippen molar-refractivity contribution >= 4 is 122 Å². The summed E-state index contributed by atoms with van der Waals surface area (Å²) in [6.45, 7) is -1.21. The second-order valence-electron chi connectivity index (χ2n) is 14.2. The van der Waals surface area contributed by atoms with Crippen molar-refractivity contribution in [2.75, 3.05) is 29.6 Å². The van der Waals surface area contributed by atoms with Gasteiger partial charge in [0.25, 0.3) is 0 Å². The first kappa shape index (κ1) is 52.5. The summed E-state index contributed by atoms with van der Waals surface area (Å²) in [7, 11) is -31.1. The molecule has 0 atom stereocenters. The summed E-state index contributed by atoms with van der Waals surface area (Å²) in [5.74, 6) is -3.06. The van der Waals surface area contributed by atoms with Gasteiger partial charge in [-0.2, -0.15) is 10.2 Å². The van der Waals surface area contributed by atoms with E-state index in [1.54, 1.807) is 12.1 Å². The maximum atomic E-state index is 13.3. The molecule has 370 valence electrons. The van der Waals surface area contributed by atoms with Crippen LogP contribution in [-0.2, 0) is 70.4 Å². The molecule has 0 saturated carbocycles. The average molecular weight is 1080 g/mol. The Morgan fingerprint density at radius 3 is 1.57 bits per heavy atom. The highest BCUT2D eigenvalue weighted by molar-refractivity contribution is 7.91. The van der Waals surface area contributed by atoms with Gasteiger partial charge in [-0.3, -0.25) is 4.18 Å². The summed E-state index contributed by atoms with van der Waals surface area (Å²) < 4.78 is 199. The van der Waals surface area contributed by atoms with E-state index < -0.39 is 137 Å². The Morgan fingerprint density at radius 2 is 1.01 bits per heavy atom. The molecule has 0 bridgehead atoms. The molecule has 0 aliphatic heterocycles. The molecule has 6 aromatic rings. The second-order valence-corrected chi connectivity index (χ2v) is 23.4. The summed E-state index contributed by atoms with van der Waals surface area (Å²) in [5, 5.41) is 32.4. The van der Waals surface area contributed by atoms with E-state index >= 15 is 0 Å². The number of nitrogens with two attached hydrogens (primary N) is 3. The van der Waals surface area contributed by atoms with E-state index in [1.807, 2.05) is 0 Å². The summed E-state index contributed by atoms with van der Waals surface area (Å²) >= 11 is 0. The van der Waals surface area contributed by atoms with E-state index in [1.165, 1.54) is 30.3 Å². The normalized spacial score (nSPS) is 13.3. The molecule has 70 heavy (non-hydrogen) atoms. The van der Waals surface area contributed by atoms with Gasteiger partial charge in [-0.15, -0.1) is 20.5 Å². The van der Waals surface area contributed by atoms with Crippen molar-refractivity contribution in [3.63, 3.8) is 0 Å². The third-order valence-electron chi connectivity index (χ3n) is 9.33. The Balaban J connectivity index is 1.33. The number of phenols is 1. The smallest absolute Gasteiger partial charge is 0.217 e. The van der Waals surface area contributed by atoms with Gasteiger partial charge in [-0.1, -0.05) is 12.1 Å². The lowest BCUT2D eigenvalue weighted by Gasteiger charge is -2.18. The summed E-state index contributed by atoms with van der Waals surface area (Å²) in [4.78, 5) is -5.30. The van der Waals surface area contributed by atoms with Gasteiger partial charge >= 0.3 is 0 Å². The highest BCUT2D eigenvalue weighted by Gasteiger charge is 2.26. The molecule has 0 amide bonds. The van der Waals surface area contributed by atoms with Crippen LogP contribution in [0.1, 0.15) is 5.56 Å². The number of nitrogens with zero attached hydrogens (tertiary/aromatic N) is 6. The molecule has 0 saturated heterocycles. The largest absolute Gasteiger partial charge is 0.744 e. The Morgan fingerprint density at radius 1 is 0.514 bits per heavy atom. The Hall–Kier alpha value is -6.92. The quantitative estimate of drug-likeness (QED) is 0.0423. The van der Waals surface area contributed by atoms with Crippen LogP contribution in [0.15, 0.2) is 152 Å². The van der Waals surface area contributed by atoms with Crippen LogP contribution >= 0.6 is 0 Å². The molecular formula is C37H29N9O18S6-4. The zero-order valence-corrected chi connectivity index (χ0v) is 39.5. The van der Waals surface area contributed by atoms with Gasteiger partial charge in [0.1, 0.15) is 53.1 Å². The zero-order chi connectivity index (χ0) is 51.8. The molecule has 33 heteroatoms. The van der Waals surface area contributed by atoms with Gasteiger partial charge < -0.3 is 40.5 Å². The van der Waals surface area contributed by atoms with Crippen molar-refractivity contribution in [1.29, 1.82) is 0 Å². The fourth-order valence-electron chi connectivity index (χ4n) is 6.10. The molecule has 0 spiro atoms. The number of benzene rings is 6. The fourth-order valence-corrected chi connectivity index (χ4v) is 11.0. The molecule has 0 aromatic heterocycles. The molecule has 0 heterocycles. The monoisotopic (exact) mass is 1080 g/mol. The van der Waals surface area contributed by atoms with Crippen LogP contribution in [0.5, 0.6) is 5.75 Å². The van der Waals surface area contributed by atoms with Gasteiger partial charge in [0.2, 0.25) is 10.4 Å². The number of azo groups is 3. The van der Waals surface area contributed by atoms with Crippen molar-refractivity contribution in [3.05, 3.63) is 103 Å². The number of anilines is 3. The van der Waals surface area contributed by atoms with Gasteiger partial charge in [-0.25, -0.2) is 50.5 Å². The van der Waals surface area contributed by atoms with E-state index in [2.05, 4.69) is 34.9 Å². The third-order valence-corrected chi connectivity index (χ3v) is 15.7. The Bertz CT molecular complexity index is 3890. The van der Waals surface area contributed by atoms with Crippen LogP contribution in [0.25, 0.3) is 10.8 Å². The first-order valence-corrected chi connectivity index (χ1v) is 27.5. The first-order valence-electron chi connectivity index (χ1n) is 18.6. The third kappa shape index (κ3) is 12.4. The van der Waals surface area contributed by atoms with Crippen molar-refractivity contribution in [2.24, 2.45) is 30.7 Å². The van der Waals surface area contributed by atoms with Crippen LogP contribution < -0.4 is 17.2 Å². The molecule has 0 radical (unpaired) electrons. The Kier molecular flexibility index (Phi) is 14.6. The number of fused-ring (bicyclic) bond motifs is 1. The number of hydrogen-bond donors (Lipinski definition) is 4. The minimum absolute atomic E-state index is 0.151. The van der Waals surface area contributed by atoms with Crippen LogP contribution in [0, 0.1) is 0 Å². The Labute approximate surface area is 397 Å². The number of aromatic hydroxyl groups is 1. The van der Waals surface area contributed by atoms with E-state index in [0.29, 0.717) is 52.6 Å². The van der Waals surface area contributed by atoms with E-state index in [0.717, 1.165) is 24.3 Å². The van der Waals surface area contributed by atoms with Crippen molar-refractivity contribution in [2.45, 2.75) is 30.2 Å². The standard InChI is InChI=1S/C37H33N9O18S6/c38-22-3-11-28(27(39)17-22)43-41-23-4-1-20(2-5-23)19-66(50,51)25-8-6-24(7-9-25)42-45-35-31(68(55,56)57)15-21-16-32(69(58,59)60)36(37(47)33(21)34(35)40)46-44-29-12-10-26(18-30(29)67(52,53)54)65(48,49)14-13-64-70(61,62)63/h1-12,15-18,47H,13-14,19,38-40H2,(H,52,53,54)(H,55,56,57)(H,58,59,60)(H,61,62,63)/p-4. The van der Waals surface area contributed by atoms with Gasteiger partial charge in [-0.05, 0) is 95.9 Å². The van der Waals surface area contributed by atoms with Crippen LogP contribution in [-0.4, -0.2) is 86.2 Å². The number of hydrogen-bond acceptors (Lipinski definition) is 27. The predicted molar refractivity (Wildman–Crippen MR) is 240 cm³/mol. The SMILES string of the molecule is Nc1ccc(N=Nc2ccc(CS(=O)(=O)c3ccc(N=Nc4c(S(=O)(=O)[O-])cc5cc(S(=O)(=O)[O-])c(N=Nc6ccc(S(=O)(=O)CCOS(=O)(=O)[O-])cc6S(=O)(=O)[O-])c(O)c5c4N)cc3)cc2)c(N)c1. The van der Waals surface area contributed by atoms with Crippen LogP contribution in [0.3, 0.4) is 0 Å². The molecule has 0 fully saturated rings. The van der Waals surface area contributed by atoms with Crippen molar-refractivity contribution in [1.82, 2.24) is 0 Å². The number of phenolic OH excluding ortho intramolecular Hbond substituents is 1. The minimum Gasteiger partial charge on any atom is -0.744 e. The highest BCUT2D eigenvalue weighted by atomic mass is 32.3. The van der Waals surface area contributed by atoms with Crippen LogP contribution in [0.4, 0.5) is 51.2 Å². The first-order chi connectivity index (χ1) is 32.3. The molecule has 6 aromatic carbocycles. The molecule has 0 aliphatic rings. The maximum Gasteiger partial charge on any atom is 0.217 e. The molecule has 27 nitrogen and oxygen atoms in total. The average Bonchev–Trinajstić information content (AvgIpc) is 3.24. The lowest BCUT2D eigenvalue weighted by atomic mass is 10.1. The number of nitrogen functional groups attached to an aromatic ring is 3.